The number of hydrogen-bond acceptors (Lipinski definition) is 5. The standard InChI is InChI=1S/C14H23ClN2O3/c1-19-13-9-11(8-12(15)14(13)20-2)10-17-5-3-4-16-6-7-18/h8-9,16-18H,3-7,10H2,1-2H3. The smallest absolute Gasteiger partial charge is 0.179 e. The number of methoxy groups -OCH3 is 2. The van der Waals surface area contributed by atoms with Gasteiger partial charge in [-0.15, -0.1) is 0 Å². The topological polar surface area (TPSA) is 62.8 Å². The van der Waals surface area contributed by atoms with Crippen molar-refractivity contribution in [3.05, 3.63) is 22.7 Å². The lowest BCUT2D eigenvalue weighted by Gasteiger charge is -2.12. The van der Waals surface area contributed by atoms with Crippen molar-refractivity contribution in [3.8, 4) is 11.5 Å². The van der Waals surface area contributed by atoms with Crippen LogP contribution in [-0.2, 0) is 6.54 Å². The minimum Gasteiger partial charge on any atom is -0.493 e. The first-order chi connectivity index (χ1) is 9.72. The fourth-order valence-electron chi connectivity index (χ4n) is 1.85. The molecule has 0 aliphatic rings. The fourth-order valence-corrected chi connectivity index (χ4v) is 2.16. The maximum Gasteiger partial charge on any atom is 0.179 e. The summed E-state index contributed by atoms with van der Waals surface area (Å²) in [6.07, 6.45) is 1.00. The molecule has 0 heterocycles. The predicted molar refractivity (Wildman–Crippen MR) is 80.8 cm³/mol. The van der Waals surface area contributed by atoms with Crippen molar-refractivity contribution in [1.29, 1.82) is 0 Å². The number of rotatable bonds is 10. The van der Waals surface area contributed by atoms with Crippen LogP contribution in [0.4, 0.5) is 0 Å². The van der Waals surface area contributed by atoms with Crippen LogP contribution in [-0.4, -0.2) is 45.6 Å². The van der Waals surface area contributed by atoms with Crippen LogP contribution in [0.25, 0.3) is 0 Å². The minimum absolute atomic E-state index is 0.178. The van der Waals surface area contributed by atoms with Gasteiger partial charge in [-0.2, -0.15) is 0 Å². The average molecular weight is 303 g/mol. The van der Waals surface area contributed by atoms with Crippen molar-refractivity contribution in [3.63, 3.8) is 0 Å². The average Bonchev–Trinajstić information content (AvgIpc) is 2.45. The lowest BCUT2D eigenvalue weighted by atomic mass is 10.2. The lowest BCUT2D eigenvalue weighted by Crippen LogP contribution is -2.23. The van der Waals surface area contributed by atoms with Gasteiger partial charge in [-0.1, -0.05) is 11.6 Å². The molecule has 3 N–H and O–H groups in total. The molecule has 0 radical (unpaired) electrons. The quantitative estimate of drug-likeness (QED) is 0.571. The van der Waals surface area contributed by atoms with Gasteiger partial charge in [0.15, 0.2) is 11.5 Å². The van der Waals surface area contributed by atoms with Gasteiger partial charge in [0.05, 0.1) is 25.8 Å². The summed E-state index contributed by atoms with van der Waals surface area (Å²) in [5, 5.41) is 15.6. The first-order valence-electron chi connectivity index (χ1n) is 6.65. The molecule has 6 heteroatoms. The maximum absolute atomic E-state index is 8.62. The van der Waals surface area contributed by atoms with Crippen LogP contribution in [0.3, 0.4) is 0 Å². The summed E-state index contributed by atoms with van der Waals surface area (Å²) in [4.78, 5) is 0. The molecule has 1 aromatic rings. The van der Waals surface area contributed by atoms with Crippen molar-refractivity contribution < 1.29 is 14.6 Å². The minimum atomic E-state index is 0.178. The number of aliphatic hydroxyl groups is 1. The summed E-state index contributed by atoms with van der Waals surface area (Å²) in [7, 11) is 3.17. The SMILES string of the molecule is COc1cc(CNCCCNCCO)cc(Cl)c1OC. The van der Waals surface area contributed by atoms with Gasteiger partial charge in [0.2, 0.25) is 0 Å². The monoisotopic (exact) mass is 302 g/mol. The van der Waals surface area contributed by atoms with Crippen LogP contribution in [0.5, 0.6) is 11.5 Å². The second-order valence-electron chi connectivity index (χ2n) is 4.32. The first-order valence-corrected chi connectivity index (χ1v) is 7.03. The maximum atomic E-state index is 8.62. The number of ether oxygens (including phenoxy) is 2. The van der Waals surface area contributed by atoms with Gasteiger partial charge < -0.3 is 25.2 Å². The highest BCUT2D eigenvalue weighted by molar-refractivity contribution is 6.32. The van der Waals surface area contributed by atoms with E-state index in [1.807, 2.05) is 12.1 Å². The molecule has 0 unspecified atom stereocenters. The highest BCUT2D eigenvalue weighted by Crippen LogP contribution is 2.35. The molecule has 0 atom stereocenters. The number of aliphatic hydroxyl groups excluding tert-OH is 1. The normalized spacial score (nSPS) is 10.6. The molecule has 0 bridgehead atoms. The summed E-state index contributed by atoms with van der Waals surface area (Å²) in [6.45, 7) is 3.33. The molecule has 5 nitrogen and oxygen atoms in total. The molecule has 20 heavy (non-hydrogen) atoms. The molecule has 1 aromatic carbocycles. The Kier molecular flexibility index (Phi) is 8.37. The van der Waals surface area contributed by atoms with Crippen molar-refractivity contribution >= 4 is 11.6 Å². The Bertz CT molecular complexity index is 402. The van der Waals surface area contributed by atoms with Gasteiger partial charge in [0.25, 0.3) is 0 Å². The third-order valence-electron chi connectivity index (χ3n) is 2.82. The van der Waals surface area contributed by atoms with E-state index in [4.69, 9.17) is 26.2 Å². The van der Waals surface area contributed by atoms with Crippen LogP contribution < -0.4 is 20.1 Å². The molecule has 0 saturated heterocycles. The Morgan fingerprint density at radius 1 is 1.10 bits per heavy atom. The molecule has 114 valence electrons. The summed E-state index contributed by atoms with van der Waals surface area (Å²) in [5.74, 6) is 1.20. The number of nitrogens with one attached hydrogen (secondary N) is 2. The van der Waals surface area contributed by atoms with Crippen LogP contribution in [0, 0.1) is 0 Å². The van der Waals surface area contributed by atoms with E-state index in [0.717, 1.165) is 31.6 Å². The van der Waals surface area contributed by atoms with E-state index in [2.05, 4.69) is 10.6 Å². The zero-order valence-corrected chi connectivity index (χ0v) is 12.8. The van der Waals surface area contributed by atoms with Crippen LogP contribution in [0.1, 0.15) is 12.0 Å². The Balaban J connectivity index is 2.39. The Hall–Kier alpha value is -1.01. The summed E-state index contributed by atoms with van der Waals surface area (Å²) < 4.78 is 10.5. The Morgan fingerprint density at radius 2 is 1.85 bits per heavy atom. The van der Waals surface area contributed by atoms with Crippen molar-refractivity contribution in [2.45, 2.75) is 13.0 Å². The Morgan fingerprint density at radius 3 is 2.50 bits per heavy atom. The van der Waals surface area contributed by atoms with E-state index >= 15 is 0 Å². The van der Waals surface area contributed by atoms with E-state index in [1.54, 1.807) is 14.2 Å². The van der Waals surface area contributed by atoms with Crippen molar-refractivity contribution in [1.82, 2.24) is 10.6 Å². The van der Waals surface area contributed by atoms with Gasteiger partial charge >= 0.3 is 0 Å². The molecule has 0 fully saturated rings. The second-order valence-corrected chi connectivity index (χ2v) is 4.72. The third-order valence-corrected chi connectivity index (χ3v) is 3.10. The van der Waals surface area contributed by atoms with E-state index in [-0.39, 0.29) is 6.61 Å². The summed E-state index contributed by atoms with van der Waals surface area (Å²) in [5.41, 5.74) is 1.05. The highest BCUT2D eigenvalue weighted by Gasteiger charge is 2.10. The highest BCUT2D eigenvalue weighted by atomic mass is 35.5. The molecule has 0 spiro atoms. The molecule has 0 saturated carbocycles. The van der Waals surface area contributed by atoms with E-state index in [1.165, 1.54) is 0 Å². The molecular weight excluding hydrogens is 280 g/mol. The first kappa shape index (κ1) is 17.0. The number of benzene rings is 1. The molecule has 0 aliphatic carbocycles. The second kappa shape index (κ2) is 9.83. The number of halogens is 1. The van der Waals surface area contributed by atoms with Gasteiger partial charge in [0, 0.05) is 13.1 Å². The van der Waals surface area contributed by atoms with Gasteiger partial charge in [-0.05, 0) is 37.2 Å². The lowest BCUT2D eigenvalue weighted by molar-refractivity contribution is 0.292. The molecule has 0 aromatic heterocycles. The summed E-state index contributed by atoms with van der Waals surface area (Å²) in [6, 6.07) is 3.79. The van der Waals surface area contributed by atoms with E-state index in [0.29, 0.717) is 23.1 Å². The van der Waals surface area contributed by atoms with Crippen LogP contribution in [0.15, 0.2) is 12.1 Å². The largest absolute Gasteiger partial charge is 0.493 e. The third kappa shape index (κ3) is 5.54. The van der Waals surface area contributed by atoms with Gasteiger partial charge in [-0.25, -0.2) is 0 Å². The zero-order chi connectivity index (χ0) is 14.8. The molecule has 0 aliphatic heterocycles. The zero-order valence-electron chi connectivity index (χ0n) is 12.0. The molecular formula is C14H23ClN2O3. The Labute approximate surface area is 125 Å². The van der Waals surface area contributed by atoms with Gasteiger partial charge in [0.1, 0.15) is 0 Å². The van der Waals surface area contributed by atoms with E-state index < -0.39 is 0 Å². The summed E-state index contributed by atoms with van der Waals surface area (Å²) >= 11 is 6.14. The van der Waals surface area contributed by atoms with Crippen LogP contribution in [0.2, 0.25) is 5.02 Å². The van der Waals surface area contributed by atoms with Gasteiger partial charge in [-0.3, -0.25) is 0 Å². The van der Waals surface area contributed by atoms with E-state index in [9.17, 15) is 0 Å². The van der Waals surface area contributed by atoms with Crippen molar-refractivity contribution in [2.75, 3.05) is 40.5 Å². The van der Waals surface area contributed by atoms with Crippen LogP contribution >= 0.6 is 11.6 Å². The fraction of sp³-hybridized carbons (Fsp3) is 0.571. The molecule has 0 amide bonds. The predicted octanol–water partition coefficient (Wildman–Crippen LogP) is 1.42. The van der Waals surface area contributed by atoms with Crippen molar-refractivity contribution in [2.24, 2.45) is 0 Å². The molecule has 1 rings (SSSR count). The number of hydrogen-bond donors (Lipinski definition) is 3.